The summed E-state index contributed by atoms with van der Waals surface area (Å²) in [6.07, 6.45) is 0. The Morgan fingerprint density at radius 1 is 0.263 bits per heavy atom. The van der Waals surface area contributed by atoms with E-state index in [4.69, 9.17) is 9.97 Å². The summed E-state index contributed by atoms with van der Waals surface area (Å²) < 4.78 is 0. The lowest BCUT2D eigenvalue weighted by Crippen LogP contribution is -2.59. The van der Waals surface area contributed by atoms with Gasteiger partial charge in [0.15, 0.2) is 8.07 Å². The van der Waals surface area contributed by atoms with Crippen molar-refractivity contribution in [3.05, 3.63) is 241 Å². The van der Waals surface area contributed by atoms with Crippen molar-refractivity contribution in [1.82, 2.24) is 9.97 Å². The van der Waals surface area contributed by atoms with Crippen LogP contribution in [0.25, 0.3) is 65.2 Å². The summed E-state index contributed by atoms with van der Waals surface area (Å²) in [5.41, 5.74) is 11.4. The van der Waals surface area contributed by atoms with Crippen LogP contribution in [-0.2, 0) is 0 Å². The summed E-state index contributed by atoms with van der Waals surface area (Å²) in [6.45, 7) is 0. The normalized spacial score (nSPS) is 14.0. The van der Waals surface area contributed by atoms with Crippen molar-refractivity contribution in [2.45, 2.75) is 0 Å². The number of para-hydroxylation sites is 4. The maximum atomic E-state index is 5.31. The highest BCUT2D eigenvalue weighted by atomic mass is 28.3. The van der Waals surface area contributed by atoms with Crippen LogP contribution in [0.3, 0.4) is 0 Å². The van der Waals surface area contributed by atoms with Gasteiger partial charge in [-0.05, 0) is 78.4 Å². The number of nitrogens with zero attached hydrogens (tertiary/aromatic N) is 2. The molecule has 0 fully saturated rings. The first-order chi connectivity index (χ1) is 28.3. The Morgan fingerprint density at radius 3 is 0.842 bits per heavy atom. The van der Waals surface area contributed by atoms with Gasteiger partial charge in [-0.3, -0.25) is 0 Å². The highest BCUT2D eigenvalue weighted by Gasteiger charge is 2.54. The standard InChI is InChI=1S/C54H36N2Si/c1-5-21-37(22-6-1)49-50(38-23-7-2-8-24-38)54(52-43-31-15-19-35-47(43)56-48-36-20-16-32-44(48)52)57(39-25-9-3-10-26-39,40-27-11-4-12-28-40)53(49)51-41-29-13-17-33-45(41)55-46-34-18-14-30-42(46)51/h1-36H. The van der Waals surface area contributed by atoms with E-state index in [-0.39, 0.29) is 0 Å². The predicted molar refractivity (Wildman–Crippen MR) is 243 cm³/mol. The largest absolute Gasteiger partial charge is 0.248 e. The van der Waals surface area contributed by atoms with Crippen LogP contribution in [0.2, 0.25) is 0 Å². The van der Waals surface area contributed by atoms with Gasteiger partial charge in [0.25, 0.3) is 0 Å². The molecular formula is C54H36N2Si. The van der Waals surface area contributed by atoms with E-state index in [9.17, 15) is 0 Å². The van der Waals surface area contributed by atoms with Crippen molar-refractivity contribution in [3.8, 4) is 0 Å². The minimum atomic E-state index is -3.38. The van der Waals surface area contributed by atoms with Crippen LogP contribution in [0, 0.1) is 0 Å². The second-order valence-electron chi connectivity index (χ2n) is 14.8. The minimum Gasteiger partial charge on any atom is -0.248 e. The number of hydrogen-bond acceptors (Lipinski definition) is 2. The SMILES string of the molecule is c1ccc(C2=C(c3c4ccccc4nc4ccccc34)[Si](c3ccccc3)(c3ccccc3)C(c3c4ccccc4nc4ccccc34)=C2c2ccccc2)cc1. The Hall–Kier alpha value is -7.20. The van der Waals surface area contributed by atoms with Crippen molar-refractivity contribution in [2.24, 2.45) is 0 Å². The maximum Gasteiger partial charge on any atom is 0.182 e. The highest BCUT2D eigenvalue weighted by molar-refractivity contribution is 7.29. The molecule has 1 aliphatic rings. The van der Waals surface area contributed by atoms with Gasteiger partial charge < -0.3 is 0 Å². The van der Waals surface area contributed by atoms with Crippen molar-refractivity contribution in [2.75, 3.05) is 0 Å². The fourth-order valence-corrected chi connectivity index (χ4v) is 15.2. The molecule has 0 saturated heterocycles. The van der Waals surface area contributed by atoms with Gasteiger partial charge in [-0.1, -0.05) is 194 Å². The number of allylic oxidation sites excluding steroid dienone is 2. The molecule has 10 aromatic rings. The average Bonchev–Trinajstić information content (AvgIpc) is 3.60. The first kappa shape index (κ1) is 33.2. The molecule has 0 unspecified atom stereocenters. The van der Waals surface area contributed by atoms with Gasteiger partial charge in [0, 0.05) is 21.5 Å². The lowest BCUT2D eigenvalue weighted by Gasteiger charge is -2.37. The van der Waals surface area contributed by atoms with Crippen LogP contribution in [0.15, 0.2) is 218 Å². The van der Waals surface area contributed by atoms with Gasteiger partial charge in [-0.25, -0.2) is 9.97 Å². The number of rotatable bonds is 6. The molecule has 8 aromatic carbocycles. The van der Waals surface area contributed by atoms with Gasteiger partial charge in [0.2, 0.25) is 0 Å². The van der Waals surface area contributed by atoms with Gasteiger partial charge in [0.1, 0.15) is 0 Å². The molecule has 0 N–H and O–H groups in total. The third-order valence-electron chi connectivity index (χ3n) is 11.7. The van der Waals surface area contributed by atoms with Gasteiger partial charge in [-0.2, -0.15) is 0 Å². The van der Waals surface area contributed by atoms with Gasteiger partial charge >= 0.3 is 0 Å². The van der Waals surface area contributed by atoms with Crippen molar-refractivity contribution in [1.29, 1.82) is 0 Å². The Balaban J connectivity index is 1.50. The Labute approximate surface area is 332 Å². The first-order valence-electron chi connectivity index (χ1n) is 19.6. The highest BCUT2D eigenvalue weighted by Crippen LogP contribution is 2.58. The number of pyridine rings is 2. The lowest BCUT2D eigenvalue weighted by atomic mass is 9.87. The van der Waals surface area contributed by atoms with E-state index in [2.05, 4.69) is 218 Å². The van der Waals surface area contributed by atoms with Crippen LogP contribution in [0.5, 0.6) is 0 Å². The molecule has 0 radical (unpaired) electrons. The molecule has 0 bridgehead atoms. The molecule has 57 heavy (non-hydrogen) atoms. The van der Waals surface area contributed by atoms with Gasteiger partial charge in [-0.15, -0.1) is 0 Å². The average molecular weight is 741 g/mol. The summed E-state index contributed by atoms with van der Waals surface area (Å²) in [5, 5.41) is 10.0. The third-order valence-corrected chi connectivity index (χ3v) is 16.6. The van der Waals surface area contributed by atoms with Crippen LogP contribution in [0.1, 0.15) is 22.3 Å². The predicted octanol–water partition coefficient (Wildman–Crippen LogP) is 12.0. The zero-order valence-electron chi connectivity index (χ0n) is 31.2. The number of aromatic nitrogens is 2. The topological polar surface area (TPSA) is 25.8 Å². The fourth-order valence-electron chi connectivity index (χ4n) is 9.50. The number of fused-ring (bicyclic) bond motifs is 4. The molecule has 0 spiro atoms. The molecule has 11 rings (SSSR count). The van der Waals surface area contributed by atoms with E-state index < -0.39 is 8.07 Å². The lowest BCUT2D eigenvalue weighted by molar-refractivity contribution is 1.49. The van der Waals surface area contributed by atoms with Crippen molar-refractivity contribution < 1.29 is 0 Å². The second kappa shape index (κ2) is 13.5. The van der Waals surface area contributed by atoms with Crippen molar-refractivity contribution in [3.63, 3.8) is 0 Å². The Bertz CT molecular complexity index is 2880. The monoisotopic (exact) mass is 740 g/mol. The molecule has 2 nitrogen and oxygen atoms in total. The molecule has 1 aliphatic heterocycles. The summed E-state index contributed by atoms with van der Waals surface area (Å²) in [4.78, 5) is 10.6. The summed E-state index contributed by atoms with van der Waals surface area (Å²) in [5.74, 6) is 0. The molecular weight excluding hydrogens is 705 g/mol. The smallest absolute Gasteiger partial charge is 0.182 e. The van der Waals surface area contributed by atoms with Crippen LogP contribution in [0.4, 0.5) is 0 Å². The summed E-state index contributed by atoms with van der Waals surface area (Å²) >= 11 is 0. The van der Waals surface area contributed by atoms with E-state index in [1.165, 1.54) is 54.2 Å². The molecule has 3 heteroatoms. The first-order valence-corrected chi connectivity index (χ1v) is 21.6. The summed E-state index contributed by atoms with van der Waals surface area (Å²) in [7, 11) is -3.38. The molecule has 0 atom stereocenters. The van der Waals surface area contributed by atoms with Crippen molar-refractivity contribution >= 4 is 83.6 Å². The maximum absolute atomic E-state index is 5.31. The zero-order chi connectivity index (χ0) is 37.8. The van der Waals surface area contributed by atoms with E-state index in [1.807, 2.05) is 0 Å². The van der Waals surface area contributed by atoms with E-state index in [0.717, 1.165) is 43.6 Å². The van der Waals surface area contributed by atoms with E-state index in [1.54, 1.807) is 0 Å². The minimum absolute atomic E-state index is 0.990. The third kappa shape index (κ3) is 5.10. The molecule has 0 aliphatic carbocycles. The van der Waals surface area contributed by atoms with Crippen LogP contribution >= 0.6 is 0 Å². The fraction of sp³-hybridized carbons (Fsp3) is 0. The Kier molecular flexibility index (Phi) is 7.87. The van der Waals surface area contributed by atoms with Gasteiger partial charge in [0.05, 0.1) is 22.1 Å². The number of hydrogen-bond donors (Lipinski definition) is 0. The van der Waals surface area contributed by atoms with Crippen LogP contribution in [-0.4, -0.2) is 18.0 Å². The molecule has 0 saturated carbocycles. The Morgan fingerprint density at radius 2 is 0.526 bits per heavy atom. The zero-order valence-corrected chi connectivity index (χ0v) is 32.2. The molecule has 2 aromatic heterocycles. The van der Waals surface area contributed by atoms with Crippen LogP contribution < -0.4 is 10.4 Å². The number of benzene rings is 8. The quantitative estimate of drug-likeness (QED) is 0.125. The van der Waals surface area contributed by atoms with E-state index in [0.29, 0.717) is 0 Å². The molecule has 266 valence electrons. The summed E-state index contributed by atoms with van der Waals surface area (Å²) in [6, 6.07) is 80.1. The molecule has 3 heterocycles. The second-order valence-corrected chi connectivity index (χ2v) is 18.4. The molecule has 0 amide bonds. The van der Waals surface area contributed by atoms with E-state index >= 15 is 0 Å².